The smallest absolute Gasteiger partial charge is 0.126 e. The quantitative estimate of drug-likeness (QED) is 0.446. The van der Waals surface area contributed by atoms with Gasteiger partial charge < -0.3 is 14.7 Å². The summed E-state index contributed by atoms with van der Waals surface area (Å²) in [6.07, 6.45) is 4.13. The van der Waals surface area contributed by atoms with Crippen LogP contribution in [0, 0.1) is 11.8 Å². The van der Waals surface area contributed by atoms with Crippen LogP contribution < -0.4 is 4.74 Å². The monoisotopic (exact) mass is 462 g/mol. The van der Waals surface area contributed by atoms with Crippen LogP contribution in [0.15, 0.2) is 30.5 Å². The third kappa shape index (κ3) is 7.06. The molecule has 1 aromatic carbocycles. The maximum Gasteiger partial charge on any atom is 0.126 e. The molecule has 178 valence electrons. The SMILES string of the molecule is COc1ccc2nccc([C@@H](F)CC[C@@H]3CCN(CCCSC(C)(C)C)C[C@@H]3CO)c2c1. The number of rotatable bonds is 10. The van der Waals surface area contributed by atoms with Gasteiger partial charge in [0.2, 0.25) is 0 Å². The van der Waals surface area contributed by atoms with Crippen molar-refractivity contribution >= 4 is 22.7 Å². The fourth-order valence-corrected chi connectivity index (χ4v) is 5.56. The molecule has 1 fully saturated rings. The second-order valence-corrected chi connectivity index (χ2v) is 11.9. The van der Waals surface area contributed by atoms with Gasteiger partial charge in [-0.1, -0.05) is 20.8 Å². The Morgan fingerprint density at radius 3 is 2.81 bits per heavy atom. The lowest BCUT2D eigenvalue weighted by Gasteiger charge is -2.38. The molecule has 1 aliphatic rings. The van der Waals surface area contributed by atoms with Crippen molar-refractivity contribution in [3.05, 3.63) is 36.0 Å². The van der Waals surface area contributed by atoms with Crippen molar-refractivity contribution < 1.29 is 14.2 Å². The topological polar surface area (TPSA) is 45.6 Å². The van der Waals surface area contributed by atoms with E-state index >= 15 is 4.39 Å². The first kappa shape index (κ1) is 25.3. The molecule has 3 atom stereocenters. The van der Waals surface area contributed by atoms with Crippen LogP contribution in [0.4, 0.5) is 4.39 Å². The second kappa shape index (κ2) is 11.7. The standard InChI is InChI=1S/C26H39FN2O2S/c1-26(2,3)32-15-5-13-29-14-11-19(20(17-29)18-30)6-8-24(27)22-10-12-28-25-9-7-21(31-4)16-23(22)25/h7,9-10,12,16,19-20,24,30H,5-6,8,11,13-15,17-18H2,1-4H3/t19-,20-,24+/m1/s1. The van der Waals surface area contributed by atoms with Crippen LogP contribution >= 0.6 is 11.8 Å². The fourth-order valence-electron chi connectivity index (χ4n) is 4.68. The summed E-state index contributed by atoms with van der Waals surface area (Å²) >= 11 is 2.01. The molecule has 1 saturated heterocycles. The zero-order valence-corrected chi connectivity index (χ0v) is 20.8. The van der Waals surface area contributed by atoms with Crippen molar-refractivity contribution in [3.63, 3.8) is 0 Å². The number of ether oxygens (including phenoxy) is 1. The molecule has 0 aliphatic carbocycles. The minimum Gasteiger partial charge on any atom is -0.497 e. The zero-order valence-electron chi connectivity index (χ0n) is 20.0. The van der Waals surface area contributed by atoms with Crippen molar-refractivity contribution in [2.45, 2.75) is 57.4 Å². The molecule has 2 heterocycles. The molecule has 3 rings (SSSR count). The molecular weight excluding hydrogens is 423 g/mol. The summed E-state index contributed by atoms with van der Waals surface area (Å²) in [6, 6.07) is 7.39. The van der Waals surface area contributed by atoms with Gasteiger partial charge in [0.25, 0.3) is 0 Å². The minimum absolute atomic E-state index is 0.185. The van der Waals surface area contributed by atoms with Gasteiger partial charge in [0.15, 0.2) is 0 Å². The highest BCUT2D eigenvalue weighted by molar-refractivity contribution is 8.00. The number of alkyl halides is 1. The summed E-state index contributed by atoms with van der Waals surface area (Å²) in [4.78, 5) is 6.85. The summed E-state index contributed by atoms with van der Waals surface area (Å²) in [6.45, 7) is 10.0. The molecule has 0 saturated carbocycles. The Morgan fingerprint density at radius 1 is 1.28 bits per heavy atom. The van der Waals surface area contributed by atoms with Crippen LogP contribution in [-0.2, 0) is 0 Å². The van der Waals surface area contributed by atoms with E-state index in [-0.39, 0.29) is 12.5 Å². The Kier molecular flexibility index (Phi) is 9.21. The molecule has 6 heteroatoms. The van der Waals surface area contributed by atoms with E-state index < -0.39 is 6.17 Å². The third-order valence-electron chi connectivity index (χ3n) is 6.47. The summed E-state index contributed by atoms with van der Waals surface area (Å²) in [5.74, 6) is 2.50. The van der Waals surface area contributed by atoms with E-state index in [1.807, 2.05) is 30.0 Å². The van der Waals surface area contributed by atoms with Gasteiger partial charge in [-0.2, -0.15) is 11.8 Å². The highest BCUT2D eigenvalue weighted by Crippen LogP contribution is 2.35. The van der Waals surface area contributed by atoms with Gasteiger partial charge in [0.05, 0.1) is 12.6 Å². The number of methoxy groups -OCH3 is 1. The van der Waals surface area contributed by atoms with Crippen LogP contribution in [0.5, 0.6) is 5.75 Å². The number of hydrogen-bond acceptors (Lipinski definition) is 5. The number of pyridine rings is 1. The lowest BCUT2D eigenvalue weighted by atomic mass is 9.81. The predicted octanol–water partition coefficient (Wildman–Crippen LogP) is 5.89. The fraction of sp³-hybridized carbons (Fsp3) is 0.654. The molecule has 32 heavy (non-hydrogen) atoms. The van der Waals surface area contributed by atoms with Gasteiger partial charge in [-0.25, -0.2) is 4.39 Å². The molecule has 1 aliphatic heterocycles. The van der Waals surface area contributed by atoms with E-state index in [4.69, 9.17) is 4.74 Å². The number of aliphatic hydroxyl groups excluding tert-OH is 1. The van der Waals surface area contributed by atoms with E-state index in [0.717, 1.165) is 43.4 Å². The summed E-state index contributed by atoms with van der Waals surface area (Å²) in [5, 5.41) is 10.8. The number of halogens is 1. The van der Waals surface area contributed by atoms with Crippen LogP contribution in [0.25, 0.3) is 10.9 Å². The van der Waals surface area contributed by atoms with Crippen molar-refractivity contribution in [1.29, 1.82) is 0 Å². The van der Waals surface area contributed by atoms with Crippen LogP contribution in [-0.4, -0.2) is 58.8 Å². The largest absolute Gasteiger partial charge is 0.497 e. The Balaban J connectivity index is 1.53. The van der Waals surface area contributed by atoms with Gasteiger partial charge in [-0.15, -0.1) is 0 Å². The van der Waals surface area contributed by atoms with E-state index in [1.165, 1.54) is 12.2 Å². The minimum atomic E-state index is -1.04. The van der Waals surface area contributed by atoms with E-state index in [1.54, 1.807) is 19.4 Å². The maximum absolute atomic E-state index is 15.3. The number of benzene rings is 1. The first-order chi connectivity index (χ1) is 15.3. The summed E-state index contributed by atoms with van der Waals surface area (Å²) in [5.41, 5.74) is 1.47. The van der Waals surface area contributed by atoms with E-state index in [9.17, 15) is 5.11 Å². The summed E-state index contributed by atoms with van der Waals surface area (Å²) < 4.78 is 21.0. The maximum atomic E-state index is 15.3. The average molecular weight is 463 g/mol. The van der Waals surface area contributed by atoms with Crippen molar-refractivity contribution in [2.75, 3.05) is 39.1 Å². The van der Waals surface area contributed by atoms with Crippen LogP contribution in [0.3, 0.4) is 0 Å². The molecule has 0 bridgehead atoms. The number of aliphatic hydroxyl groups is 1. The molecule has 1 N–H and O–H groups in total. The Morgan fingerprint density at radius 2 is 2.09 bits per heavy atom. The van der Waals surface area contributed by atoms with Crippen molar-refractivity contribution in [1.82, 2.24) is 9.88 Å². The summed E-state index contributed by atoms with van der Waals surface area (Å²) in [7, 11) is 1.62. The number of aromatic nitrogens is 1. The highest BCUT2D eigenvalue weighted by Gasteiger charge is 2.29. The van der Waals surface area contributed by atoms with Gasteiger partial charge >= 0.3 is 0 Å². The van der Waals surface area contributed by atoms with Crippen LogP contribution in [0.2, 0.25) is 0 Å². The van der Waals surface area contributed by atoms with Gasteiger partial charge in [-0.3, -0.25) is 4.98 Å². The van der Waals surface area contributed by atoms with Crippen LogP contribution in [0.1, 0.15) is 58.2 Å². The first-order valence-corrected chi connectivity index (χ1v) is 12.8. The second-order valence-electron chi connectivity index (χ2n) is 9.93. The van der Waals surface area contributed by atoms with E-state index in [0.29, 0.717) is 28.4 Å². The normalized spacial score (nSPS) is 21.1. The molecule has 0 spiro atoms. The molecule has 4 nitrogen and oxygen atoms in total. The lowest BCUT2D eigenvalue weighted by molar-refractivity contribution is 0.0640. The number of thioether (sulfide) groups is 1. The third-order valence-corrected chi connectivity index (χ3v) is 7.83. The van der Waals surface area contributed by atoms with Crippen molar-refractivity contribution in [3.8, 4) is 5.75 Å². The number of piperidine rings is 1. The van der Waals surface area contributed by atoms with E-state index in [2.05, 4.69) is 30.7 Å². The zero-order chi connectivity index (χ0) is 23.1. The van der Waals surface area contributed by atoms with Gasteiger partial charge in [0, 0.05) is 29.5 Å². The molecule has 1 aromatic heterocycles. The molecule has 0 unspecified atom stereocenters. The predicted molar refractivity (Wildman–Crippen MR) is 133 cm³/mol. The number of likely N-dealkylation sites (tertiary alicyclic amines) is 1. The number of nitrogens with zero attached hydrogens (tertiary/aromatic N) is 2. The molecule has 0 radical (unpaired) electrons. The molecule has 0 amide bonds. The first-order valence-electron chi connectivity index (χ1n) is 11.8. The van der Waals surface area contributed by atoms with Crippen molar-refractivity contribution in [2.24, 2.45) is 11.8 Å². The molecular formula is C26H39FN2O2S. The molecule has 2 aromatic rings. The lowest BCUT2D eigenvalue weighted by Crippen LogP contribution is -2.42. The highest BCUT2D eigenvalue weighted by atomic mass is 32.2. The Hall–Kier alpha value is -1.37. The Bertz CT molecular complexity index is 857. The number of hydrogen-bond donors (Lipinski definition) is 1. The van der Waals surface area contributed by atoms with Gasteiger partial charge in [0.1, 0.15) is 11.9 Å². The van der Waals surface area contributed by atoms with Gasteiger partial charge in [-0.05, 0) is 86.2 Å². The number of fused-ring (bicyclic) bond motifs is 1. The average Bonchev–Trinajstić information content (AvgIpc) is 2.79. The Labute approximate surface area is 196 Å².